The van der Waals surface area contributed by atoms with Gasteiger partial charge in [-0.2, -0.15) is 10.4 Å². The molecule has 1 aliphatic heterocycles. The minimum absolute atomic E-state index is 0.0302. The third kappa shape index (κ3) is 3.18. The van der Waals surface area contributed by atoms with E-state index in [1.165, 1.54) is 5.56 Å². The van der Waals surface area contributed by atoms with Crippen LogP contribution in [0, 0.1) is 11.3 Å². The van der Waals surface area contributed by atoms with Gasteiger partial charge in [0.2, 0.25) is 0 Å². The van der Waals surface area contributed by atoms with Gasteiger partial charge in [-0.1, -0.05) is 0 Å². The molecule has 0 amide bonds. The summed E-state index contributed by atoms with van der Waals surface area (Å²) in [4.78, 5) is 13.9. The summed E-state index contributed by atoms with van der Waals surface area (Å²) in [6, 6.07) is 7.59. The van der Waals surface area contributed by atoms with Gasteiger partial charge in [0.1, 0.15) is 6.07 Å². The van der Waals surface area contributed by atoms with Crippen LogP contribution in [0.2, 0.25) is 0 Å². The maximum atomic E-state index is 11.6. The van der Waals surface area contributed by atoms with E-state index >= 15 is 0 Å². The normalized spacial score (nSPS) is 15.3. The first-order chi connectivity index (χ1) is 11.6. The van der Waals surface area contributed by atoms with E-state index in [-0.39, 0.29) is 5.78 Å². The first kappa shape index (κ1) is 16.3. The van der Waals surface area contributed by atoms with Crippen LogP contribution in [-0.2, 0) is 6.54 Å². The molecule has 0 spiro atoms. The van der Waals surface area contributed by atoms with Crippen LogP contribution in [0.25, 0.3) is 0 Å². The van der Waals surface area contributed by atoms with E-state index in [9.17, 15) is 10.1 Å². The third-order valence-corrected chi connectivity index (χ3v) is 4.81. The quantitative estimate of drug-likeness (QED) is 0.810. The number of nitriles is 1. The minimum Gasteiger partial charge on any atom is -0.370 e. The number of carbonyl (C=O) groups is 1. The number of aryl methyl sites for hydroxylation is 1. The van der Waals surface area contributed by atoms with Gasteiger partial charge in [0.25, 0.3) is 0 Å². The van der Waals surface area contributed by atoms with E-state index in [1.807, 2.05) is 16.9 Å². The topological polar surface area (TPSA) is 61.9 Å². The Hall–Kier alpha value is -2.61. The Bertz CT molecular complexity index is 779. The lowest BCUT2D eigenvalue weighted by Crippen LogP contribution is -2.33. The Morgan fingerprint density at radius 2 is 2.12 bits per heavy atom. The van der Waals surface area contributed by atoms with Gasteiger partial charge < -0.3 is 4.90 Å². The van der Waals surface area contributed by atoms with Crippen LogP contribution in [0.5, 0.6) is 0 Å². The summed E-state index contributed by atoms with van der Waals surface area (Å²) < 4.78 is 1.96. The fourth-order valence-corrected chi connectivity index (χ4v) is 3.32. The molecule has 1 fully saturated rings. The summed E-state index contributed by atoms with van der Waals surface area (Å²) in [5.74, 6) is 0.547. The number of rotatable bonds is 4. The molecule has 1 aliphatic rings. The Morgan fingerprint density at radius 1 is 1.38 bits per heavy atom. The van der Waals surface area contributed by atoms with Crippen LogP contribution in [0.3, 0.4) is 0 Å². The van der Waals surface area contributed by atoms with Crippen molar-refractivity contribution in [2.24, 2.45) is 0 Å². The summed E-state index contributed by atoms with van der Waals surface area (Å²) in [5.41, 5.74) is 3.48. The number of aromatic nitrogens is 2. The molecule has 24 heavy (non-hydrogen) atoms. The summed E-state index contributed by atoms with van der Waals surface area (Å²) in [6.45, 7) is 6.31. The SMILES string of the molecule is CCn1cc(C2CCN(c3cc(C(C)=O)ccc3C#N)CC2)cn1. The molecule has 1 aromatic carbocycles. The molecule has 0 aliphatic carbocycles. The lowest BCUT2D eigenvalue weighted by molar-refractivity contribution is 0.101. The van der Waals surface area contributed by atoms with Crippen LogP contribution in [0.1, 0.15) is 54.1 Å². The molecule has 0 unspecified atom stereocenters. The van der Waals surface area contributed by atoms with Crippen molar-refractivity contribution < 1.29 is 4.79 Å². The van der Waals surface area contributed by atoms with Gasteiger partial charge in [0.15, 0.2) is 5.78 Å². The van der Waals surface area contributed by atoms with E-state index in [4.69, 9.17) is 0 Å². The van der Waals surface area contributed by atoms with Crippen molar-refractivity contribution in [1.29, 1.82) is 5.26 Å². The zero-order valence-electron chi connectivity index (χ0n) is 14.2. The molecule has 2 heterocycles. The Balaban J connectivity index is 1.75. The largest absolute Gasteiger partial charge is 0.370 e. The molecular weight excluding hydrogens is 300 g/mol. The van der Waals surface area contributed by atoms with Crippen LogP contribution < -0.4 is 4.90 Å². The molecule has 0 N–H and O–H groups in total. The summed E-state index contributed by atoms with van der Waals surface area (Å²) >= 11 is 0. The van der Waals surface area contributed by atoms with Gasteiger partial charge in [-0.3, -0.25) is 9.48 Å². The predicted molar refractivity (Wildman–Crippen MR) is 93.3 cm³/mol. The minimum atomic E-state index is 0.0302. The Morgan fingerprint density at radius 3 is 2.71 bits per heavy atom. The fourth-order valence-electron chi connectivity index (χ4n) is 3.32. The second-order valence-electron chi connectivity index (χ2n) is 6.29. The first-order valence-corrected chi connectivity index (χ1v) is 8.44. The van der Waals surface area contributed by atoms with Gasteiger partial charge >= 0.3 is 0 Å². The molecule has 3 rings (SSSR count). The maximum absolute atomic E-state index is 11.6. The van der Waals surface area contributed by atoms with Crippen LogP contribution in [0.4, 0.5) is 5.69 Å². The number of ketones is 1. The third-order valence-electron chi connectivity index (χ3n) is 4.81. The molecule has 124 valence electrons. The second-order valence-corrected chi connectivity index (χ2v) is 6.29. The Kier molecular flexibility index (Phi) is 4.66. The molecule has 1 aromatic heterocycles. The molecule has 5 nitrogen and oxygen atoms in total. The molecule has 0 saturated carbocycles. The highest BCUT2D eigenvalue weighted by atomic mass is 16.1. The zero-order chi connectivity index (χ0) is 17.1. The van der Waals surface area contributed by atoms with Crippen LogP contribution >= 0.6 is 0 Å². The highest BCUT2D eigenvalue weighted by molar-refractivity contribution is 5.95. The standard InChI is InChI=1S/C19H22N4O/c1-3-23-13-18(12-21-23)15-6-8-22(9-7-15)19-10-16(14(2)24)4-5-17(19)11-20/h4-5,10,12-13,15H,3,6-9H2,1-2H3. The number of anilines is 1. The highest BCUT2D eigenvalue weighted by Gasteiger charge is 2.23. The van der Waals surface area contributed by atoms with Crippen LogP contribution in [0.15, 0.2) is 30.6 Å². The fraction of sp³-hybridized carbons (Fsp3) is 0.421. The maximum Gasteiger partial charge on any atom is 0.159 e. The summed E-state index contributed by atoms with van der Waals surface area (Å²) in [5, 5.41) is 13.7. The number of hydrogen-bond acceptors (Lipinski definition) is 4. The van der Waals surface area contributed by atoms with E-state index in [0.717, 1.165) is 38.2 Å². The van der Waals surface area contributed by atoms with Gasteiger partial charge in [0, 0.05) is 31.4 Å². The molecular formula is C19H22N4O. The van der Waals surface area contributed by atoms with Crippen molar-refractivity contribution in [3.05, 3.63) is 47.3 Å². The van der Waals surface area contributed by atoms with Gasteiger partial charge in [-0.25, -0.2) is 0 Å². The van der Waals surface area contributed by atoms with E-state index < -0.39 is 0 Å². The molecule has 0 bridgehead atoms. The molecule has 5 heteroatoms. The molecule has 2 aromatic rings. The average molecular weight is 322 g/mol. The average Bonchev–Trinajstić information content (AvgIpc) is 3.10. The van der Waals surface area contributed by atoms with E-state index in [0.29, 0.717) is 17.0 Å². The van der Waals surface area contributed by atoms with Gasteiger partial charge in [0.05, 0.1) is 17.4 Å². The number of benzene rings is 1. The molecule has 1 saturated heterocycles. The van der Waals surface area contributed by atoms with Crippen molar-refractivity contribution in [2.75, 3.05) is 18.0 Å². The number of carbonyl (C=O) groups excluding carboxylic acids is 1. The van der Waals surface area contributed by atoms with Gasteiger partial charge in [-0.15, -0.1) is 0 Å². The van der Waals surface area contributed by atoms with Crippen molar-refractivity contribution in [3.63, 3.8) is 0 Å². The molecule has 0 radical (unpaired) electrons. The lowest BCUT2D eigenvalue weighted by atomic mass is 9.91. The van der Waals surface area contributed by atoms with E-state index in [1.54, 1.807) is 19.1 Å². The monoisotopic (exact) mass is 322 g/mol. The van der Waals surface area contributed by atoms with Crippen molar-refractivity contribution >= 4 is 11.5 Å². The smallest absolute Gasteiger partial charge is 0.159 e. The Labute approximate surface area is 142 Å². The zero-order valence-corrected chi connectivity index (χ0v) is 14.2. The lowest BCUT2D eigenvalue weighted by Gasteiger charge is -2.34. The number of nitrogens with zero attached hydrogens (tertiary/aromatic N) is 4. The molecule has 0 atom stereocenters. The highest BCUT2D eigenvalue weighted by Crippen LogP contribution is 2.32. The van der Waals surface area contributed by atoms with Crippen molar-refractivity contribution in [2.45, 2.75) is 39.2 Å². The summed E-state index contributed by atoms with van der Waals surface area (Å²) in [7, 11) is 0. The van der Waals surface area contributed by atoms with Gasteiger partial charge in [-0.05, 0) is 56.4 Å². The number of hydrogen-bond donors (Lipinski definition) is 0. The number of Topliss-reactive ketones (excluding diaryl/α,β-unsaturated/α-hetero) is 1. The first-order valence-electron chi connectivity index (χ1n) is 8.44. The van der Waals surface area contributed by atoms with Crippen LogP contribution in [-0.4, -0.2) is 28.7 Å². The second kappa shape index (κ2) is 6.88. The predicted octanol–water partition coefficient (Wildman–Crippen LogP) is 3.36. The summed E-state index contributed by atoms with van der Waals surface area (Å²) in [6.07, 6.45) is 6.17. The van der Waals surface area contributed by atoms with E-state index in [2.05, 4.69) is 29.2 Å². The van der Waals surface area contributed by atoms with Crippen molar-refractivity contribution in [3.8, 4) is 6.07 Å². The number of piperidine rings is 1. The van der Waals surface area contributed by atoms with Crippen molar-refractivity contribution in [1.82, 2.24) is 9.78 Å².